The Morgan fingerprint density at radius 2 is 2.17 bits per heavy atom. The molecule has 1 unspecified atom stereocenters. The SMILES string of the molecule is CCc1ncnc(NC2CCN(c3ccccc3OC)C2)c1F. The standard InChI is InChI=1S/C17H21FN4O/c1-3-13-16(18)17(20-11-19-13)21-12-8-9-22(10-12)14-6-4-5-7-15(14)23-2/h4-7,11-12H,3,8-10H2,1-2H3,(H,19,20,21). The fourth-order valence-electron chi connectivity index (χ4n) is 2.93. The van der Waals surface area contributed by atoms with Crippen LogP contribution in [-0.4, -0.2) is 36.2 Å². The molecule has 0 bridgehead atoms. The first kappa shape index (κ1) is 15.5. The van der Waals surface area contributed by atoms with Crippen LogP contribution in [0, 0.1) is 5.82 Å². The molecule has 23 heavy (non-hydrogen) atoms. The normalized spacial score (nSPS) is 17.3. The summed E-state index contributed by atoms with van der Waals surface area (Å²) in [6, 6.07) is 8.09. The Morgan fingerprint density at radius 1 is 1.35 bits per heavy atom. The maximum absolute atomic E-state index is 14.2. The molecule has 1 aliphatic rings. The topological polar surface area (TPSA) is 50.3 Å². The molecule has 6 heteroatoms. The van der Waals surface area contributed by atoms with E-state index in [9.17, 15) is 4.39 Å². The average molecular weight is 316 g/mol. The first-order valence-corrected chi connectivity index (χ1v) is 7.86. The van der Waals surface area contributed by atoms with Crippen molar-refractivity contribution in [2.45, 2.75) is 25.8 Å². The summed E-state index contributed by atoms with van der Waals surface area (Å²) in [5, 5.41) is 3.21. The third kappa shape index (κ3) is 3.21. The van der Waals surface area contributed by atoms with Gasteiger partial charge in [0.2, 0.25) is 0 Å². The Bertz CT molecular complexity index is 679. The summed E-state index contributed by atoms with van der Waals surface area (Å²) >= 11 is 0. The first-order valence-electron chi connectivity index (χ1n) is 7.86. The number of rotatable bonds is 5. The van der Waals surface area contributed by atoms with Crippen LogP contribution >= 0.6 is 0 Å². The number of methoxy groups -OCH3 is 1. The van der Waals surface area contributed by atoms with E-state index in [1.54, 1.807) is 7.11 Å². The molecule has 1 saturated heterocycles. The van der Waals surface area contributed by atoms with Crippen molar-refractivity contribution in [2.24, 2.45) is 0 Å². The molecule has 0 amide bonds. The lowest BCUT2D eigenvalue weighted by atomic mass is 10.2. The molecule has 1 aromatic carbocycles. The number of halogens is 1. The van der Waals surface area contributed by atoms with Crippen LogP contribution in [0.4, 0.5) is 15.9 Å². The highest BCUT2D eigenvalue weighted by Crippen LogP contribution is 2.31. The summed E-state index contributed by atoms with van der Waals surface area (Å²) in [6.45, 7) is 3.56. The lowest BCUT2D eigenvalue weighted by Gasteiger charge is -2.21. The Hall–Kier alpha value is -2.37. The van der Waals surface area contributed by atoms with Crippen LogP contribution in [0.1, 0.15) is 19.0 Å². The van der Waals surface area contributed by atoms with Gasteiger partial charge < -0.3 is 15.0 Å². The van der Waals surface area contributed by atoms with Gasteiger partial charge in [0.05, 0.1) is 18.5 Å². The quantitative estimate of drug-likeness (QED) is 0.919. The molecule has 2 aromatic rings. The molecule has 122 valence electrons. The van der Waals surface area contributed by atoms with E-state index in [-0.39, 0.29) is 11.9 Å². The number of anilines is 2. The summed E-state index contributed by atoms with van der Waals surface area (Å²) in [4.78, 5) is 10.3. The van der Waals surface area contributed by atoms with E-state index in [0.717, 1.165) is 30.9 Å². The minimum atomic E-state index is -0.342. The second-order valence-corrected chi connectivity index (χ2v) is 5.58. The van der Waals surface area contributed by atoms with Crippen molar-refractivity contribution in [3.63, 3.8) is 0 Å². The van der Waals surface area contributed by atoms with E-state index in [2.05, 4.69) is 20.2 Å². The van der Waals surface area contributed by atoms with Crippen molar-refractivity contribution < 1.29 is 9.13 Å². The molecule has 2 heterocycles. The molecular weight excluding hydrogens is 295 g/mol. The molecule has 1 N–H and O–H groups in total. The number of nitrogens with zero attached hydrogens (tertiary/aromatic N) is 3. The van der Waals surface area contributed by atoms with Gasteiger partial charge in [-0.2, -0.15) is 0 Å². The van der Waals surface area contributed by atoms with Gasteiger partial charge in [-0.1, -0.05) is 19.1 Å². The number of nitrogens with one attached hydrogen (secondary N) is 1. The number of benzene rings is 1. The van der Waals surface area contributed by atoms with Gasteiger partial charge >= 0.3 is 0 Å². The van der Waals surface area contributed by atoms with Crippen molar-refractivity contribution in [1.82, 2.24) is 9.97 Å². The average Bonchev–Trinajstić information content (AvgIpc) is 3.05. The molecule has 0 saturated carbocycles. The van der Waals surface area contributed by atoms with Crippen LogP contribution in [0.3, 0.4) is 0 Å². The van der Waals surface area contributed by atoms with Crippen LogP contribution in [-0.2, 0) is 6.42 Å². The molecule has 1 aliphatic heterocycles. The van der Waals surface area contributed by atoms with Gasteiger partial charge in [0.1, 0.15) is 12.1 Å². The highest BCUT2D eigenvalue weighted by molar-refractivity contribution is 5.59. The molecule has 0 aliphatic carbocycles. The number of ether oxygens (including phenoxy) is 1. The summed E-state index contributed by atoms with van der Waals surface area (Å²) in [5.41, 5.74) is 1.51. The maximum Gasteiger partial charge on any atom is 0.186 e. The molecule has 1 atom stereocenters. The van der Waals surface area contributed by atoms with Gasteiger partial charge in [-0.15, -0.1) is 0 Å². The zero-order chi connectivity index (χ0) is 16.2. The van der Waals surface area contributed by atoms with Crippen LogP contribution < -0.4 is 15.0 Å². The van der Waals surface area contributed by atoms with Gasteiger partial charge in [0.15, 0.2) is 11.6 Å². The summed E-state index contributed by atoms with van der Waals surface area (Å²) in [5.74, 6) is 0.809. The van der Waals surface area contributed by atoms with Crippen molar-refractivity contribution >= 4 is 11.5 Å². The Labute approximate surface area is 135 Å². The zero-order valence-electron chi connectivity index (χ0n) is 13.4. The number of hydrogen-bond acceptors (Lipinski definition) is 5. The minimum Gasteiger partial charge on any atom is -0.495 e. The fourth-order valence-corrected chi connectivity index (χ4v) is 2.93. The molecule has 0 radical (unpaired) electrons. The van der Waals surface area contributed by atoms with Crippen LogP contribution in [0.15, 0.2) is 30.6 Å². The van der Waals surface area contributed by atoms with Gasteiger partial charge in [0.25, 0.3) is 0 Å². The lowest BCUT2D eigenvalue weighted by molar-refractivity contribution is 0.415. The number of aromatic nitrogens is 2. The van der Waals surface area contributed by atoms with E-state index in [0.29, 0.717) is 17.9 Å². The smallest absolute Gasteiger partial charge is 0.186 e. The second kappa shape index (κ2) is 6.81. The predicted molar refractivity (Wildman–Crippen MR) is 88.6 cm³/mol. The van der Waals surface area contributed by atoms with Crippen molar-refractivity contribution in [3.8, 4) is 5.75 Å². The van der Waals surface area contributed by atoms with Gasteiger partial charge in [-0.3, -0.25) is 0 Å². The minimum absolute atomic E-state index is 0.147. The van der Waals surface area contributed by atoms with Crippen molar-refractivity contribution in [2.75, 3.05) is 30.4 Å². The summed E-state index contributed by atoms with van der Waals surface area (Å²) in [7, 11) is 1.67. The molecule has 1 fully saturated rings. The molecule has 0 spiro atoms. The highest BCUT2D eigenvalue weighted by atomic mass is 19.1. The third-order valence-electron chi connectivity index (χ3n) is 4.15. The summed E-state index contributed by atoms with van der Waals surface area (Å²) in [6.07, 6.45) is 2.89. The van der Waals surface area contributed by atoms with E-state index in [1.807, 2.05) is 31.2 Å². The Balaban J connectivity index is 1.71. The lowest BCUT2D eigenvalue weighted by Crippen LogP contribution is -2.27. The van der Waals surface area contributed by atoms with Crippen LogP contribution in [0.5, 0.6) is 5.75 Å². The van der Waals surface area contributed by atoms with Crippen molar-refractivity contribution in [1.29, 1.82) is 0 Å². The zero-order valence-corrected chi connectivity index (χ0v) is 13.4. The predicted octanol–water partition coefficient (Wildman–Crippen LogP) is 2.88. The third-order valence-corrected chi connectivity index (χ3v) is 4.15. The van der Waals surface area contributed by atoms with E-state index < -0.39 is 0 Å². The number of hydrogen-bond donors (Lipinski definition) is 1. The van der Waals surface area contributed by atoms with Gasteiger partial charge in [-0.05, 0) is 25.0 Å². The second-order valence-electron chi connectivity index (χ2n) is 5.58. The molecule has 1 aromatic heterocycles. The molecule has 3 rings (SSSR count). The van der Waals surface area contributed by atoms with E-state index >= 15 is 0 Å². The highest BCUT2D eigenvalue weighted by Gasteiger charge is 2.25. The van der Waals surface area contributed by atoms with Crippen LogP contribution in [0.2, 0.25) is 0 Å². The van der Waals surface area contributed by atoms with E-state index in [1.165, 1.54) is 6.33 Å². The number of aryl methyl sites for hydroxylation is 1. The Morgan fingerprint density at radius 3 is 2.96 bits per heavy atom. The Kier molecular flexibility index (Phi) is 4.60. The van der Waals surface area contributed by atoms with E-state index in [4.69, 9.17) is 4.74 Å². The maximum atomic E-state index is 14.2. The fraction of sp³-hybridized carbons (Fsp3) is 0.412. The van der Waals surface area contributed by atoms with Gasteiger partial charge in [0, 0.05) is 19.1 Å². The van der Waals surface area contributed by atoms with Crippen LogP contribution in [0.25, 0.3) is 0 Å². The first-order chi connectivity index (χ1) is 11.2. The largest absolute Gasteiger partial charge is 0.495 e. The van der Waals surface area contributed by atoms with Crippen molar-refractivity contribution in [3.05, 3.63) is 42.1 Å². The summed E-state index contributed by atoms with van der Waals surface area (Å²) < 4.78 is 19.7. The number of para-hydroxylation sites is 2. The molecule has 5 nitrogen and oxygen atoms in total. The molecular formula is C17H21FN4O. The van der Waals surface area contributed by atoms with Gasteiger partial charge in [-0.25, -0.2) is 14.4 Å². The monoisotopic (exact) mass is 316 g/mol.